The van der Waals surface area contributed by atoms with Crippen LogP contribution in [0.2, 0.25) is 0 Å². The Morgan fingerprint density at radius 1 is 1.25 bits per heavy atom. The summed E-state index contributed by atoms with van der Waals surface area (Å²) in [6.45, 7) is 5.52. The topological polar surface area (TPSA) is 57.2 Å². The number of dihydropyridines is 1. The monoisotopic (exact) mass is 398 g/mol. The fourth-order valence-corrected chi connectivity index (χ4v) is 3.87. The van der Waals surface area contributed by atoms with Crippen molar-refractivity contribution in [1.82, 2.24) is 15.1 Å². The van der Waals surface area contributed by atoms with Gasteiger partial charge in [0, 0.05) is 57.6 Å². The normalized spacial score (nSPS) is 25.5. The number of ether oxygens (including phenoxy) is 1. The second-order valence-corrected chi connectivity index (χ2v) is 7.31. The van der Waals surface area contributed by atoms with E-state index in [1.54, 1.807) is 7.11 Å². The van der Waals surface area contributed by atoms with Crippen molar-refractivity contribution < 1.29 is 22.7 Å². The lowest BCUT2D eigenvalue weighted by molar-refractivity contribution is -0.173. The summed E-state index contributed by atoms with van der Waals surface area (Å²) in [5, 5.41) is 1.92. The number of alkyl halides is 3. The van der Waals surface area contributed by atoms with Crippen molar-refractivity contribution in [2.75, 3.05) is 46.4 Å². The molecule has 1 aliphatic carbocycles. The fraction of sp³-hybridized carbons (Fsp3) is 0.579. The van der Waals surface area contributed by atoms with Crippen molar-refractivity contribution in [3.63, 3.8) is 0 Å². The Kier molecular flexibility index (Phi) is 5.83. The third kappa shape index (κ3) is 4.24. The first-order valence-corrected chi connectivity index (χ1v) is 9.26. The quantitative estimate of drug-likeness (QED) is 0.771. The molecular formula is C19H25F3N4O2. The molecule has 1 unspecified atom stereocenters. The maximum atomic E-state index is 12.2. The number of nitrogens with one attached hydrogen (secondary N) is 1. The number of aliphatic imine (C=N–C) groups is 1. The van der Waals surface area contributed by atoms with Gasteiger partial charge in [0.15, 0.2) is 0 Å². The maximum Gasteiger partial charge on any atom is 0.471 e. The summed E-state index contributed by atoms with van der Waals surface area (Å²) < 4.78 is 42.1. The SMILES string of the molecule is COC1=CC=C2N=CC=C(N3CCN(CCNC(=O)C(F)(F)F)CC3)C2(C)C1. The van der Waals surface area contributed by atoms with Crippen molar-refractivity contribution >= 4 is 12.1 Å². The molecule has 3 aliphatic rings. The van der Waals surface area contributed by atoms with Crippen LogP contribution >= 0.6 is 0 Å². The number of nitrogens with zero attached hydrogens (tertiary/aromatic N) is 3. The molecule has 0 radical (unpaired) electrons. The molecule has 3 rings (SSSR count). The molecule has 1 N–H and O–H groups in total. The van der Waals surface area contributed by atoms with Gasteiger partial charge >= 0.3 is 12.1 Å². The van der Waals surface area contributed by atoms with E-state index in [1.165, 1.54) is 5.70 Å². The summed E-state index contributed by atoms with van der Waals surface area (Å²) in [6, 6.07) is 0. The number of piperazine rings is 1. The summed E-state index contributed by atoms with van der Waals surface area (Å²) in [5.74, 6) is -0.974. The summed E-state index contributed by atoms with van der Waals surface area (Å²) in [6.07, 6.45) is 3.70. The Morgan fingerprint density at radius 2 is 1.96 bits per heavy atom. The van der Waals surface area contributed by atoms with Crippen LogP contribution in [-0.4, -0.2) is 74.5 Å². The predicted molar refractivity (Wildman–Crippen MR) is 99.6 cm³/mol. The summed E-state index contributed by atoms with van der Waals surface area (Å²) in [7, 11) is 1.67. The number of amides is 1. The van der Waals surface area contributed by atoms with Gasteiger partial charge in [-0.05, 0) is 25.2 Å². The highest BCUT2D eigenvalue weighted by molar-refractivity contribution is 5.81. The molecule has 0 spiro atoms. The highest BCUT2D eigenvalue weighted by Gasteiger charge is 2.41. The molecule has 2 aliphatic heterocycles. The van der Waals surface area contributed by atoms with Crippen LogP contribution in [0, 0.1) is 5.41 Å². The number of carbonyl (C=O) groups is 1. The Morgan fingerprint density at radius 3 is 2.61 bits per heavy atom. The number of methoxy groups -OCH3 is 1. The number of hydrogen-bond acceptors (Lipinski definition) is 5. The molecule has 1 atom stereocenters. The van der Waals surface area contributed by atoms with Crippen LogP contribution in [-0.2, 0) is 9.53 Å². The molecule has 154 valence electrons. The molecule has 0 aromatic carbocycles. The van der Waals surface area contributed by atoms with Gasteiger partial charge in [-0.3, -0.25) is 14.7 Å². The summed E-state index contributed by atoms with van der Waals surface area (Å²) in [5.41, 5.74) is 1.93. The van der Waals surface area contributed by atoms with Gasteiger partial charge < -0.3 is 15.0 Å². The largest absolute Gasteiger partial charge is 0.501 e. The van der Waals surface area contributed by atoms with Gasteiger partial charge in [0.05, 0.1) is 24.0 Å². The third-order valence-electron chi connectivity index (χ3n) is 5.48. The Balaban J connectivity index is 1.54. The average molecular weight is 398 g/mol. The van der Waals surface area contributed by atoms with Crippen LogP contribution in [0.5, 0.6) is 0 Å². The predicted octanol–water partition coefficient (Wildman–Crippen LogP) is 2.08. The van der Waals surface area contributed by atoms with Crippen molar-refractivity contribution in [3.8, 4) is 0 Å². The third-order valence-corrected chi connectivity index (χ3v) is 5.48. The fourth-order valence-electron chi connectivity index (χ4n) is 3.87. The Hall–Kier alpha value is -2.29. The molecular weight excluding hydrogens is 373 g/mol. The van der Waals surface area contributed by atoms with Gasteiger partial charge in [-0.25, -0.2) is 0 Å². The standard InChI is InChI=1S/C19H25F3N4O2/c1-18-13-14(28-2)3-4-15(18)23-6-5-16(18)26-11-9-25(10-12-26)8-7-24-17(27)19(20,21)22/h3-6H,7-13H2,1-2H3,(H,24,27). The molecule has 0 aromatic heterocycles. The van der Waals surface area contributed by atoms with Gasteiger partial charge in [0.2, 0.25) is 0 Å². The van der Waals surface area contributed by atoms with E-state index >= 15 is 0 Å². The lowest BCUT2D eigenvalue weighted by atomic mass is 9.74. The number of fused-ring (bicyclic) bond motifs is 1. The number of rotatable bonds is 5. The number of allylic oxidation sites excluding steroid dienone is 4. The van der Waals surface area contributed by atoms with Crippen LogP contribution in [0.15, 0.2) is 40.4 Å². The molecule has 0 saturated carbocycles. The second-order valence-electron chi connectivity index (χ2n) is 7.31. The highest BCUT2D eigenvalue weighted by atomic mass is 19.4. The van der Waals surface area contributed by atoms with E-state index < -0.39 is 12.1 Å². The molecule has 2 heterocycles. The smallest absolute Gasteiger partial charge is 0.471 e. The van der Waals surface area contributed by atoms with Crippen LogP contribution in [0.3, 0.4) is 0 Å². The number of carbonyl (C=O) groups excluding carboxylic acids is 1. The highest BCUT2D eigenvalue weighted by Crippen LogP contribution is 2.47. The van der Waals surface area contributed by atoms with E-state index in [2.05, 4.69) is 21.7 Å². The molecule has 0 aromatic rings. The zero-order chi connectivity index (χ0) is 20.4. The molecule has 28 heavy (non-hydrogen) atoms. The van der Waals surface area contributed by atoms with Crippen molar-refractivity contribution in [3.05, 3.63) is 35.4 Å². The van der Waals surface area contributed by atoms with E-state index in [9.17, 15) is 18.0 Å². The maximum absolute atomic E-state index is 12.2. The molecule has 0 bridgehead atoms. The van der Waals surface area contributed by atoms with Crippen molar-refractivity contribution in [2.45, 2.75) is 19.5 Å². The van der Waals surface area contributed by atoms with Gasteiger partial charge in [0.25, 0.3) is 0 Å². The first-order valence-electron chi connectivity index (χ1n) is 9.26. The van der Waals surface area contributed by atoms with Gasteiger partial charge in [-0.2, -0.15) is 13.2 Å². The van der Waals surface area contributed by atoms with Gasteiger partial charge in [-0.15, -0.1) is 0 Å². The number of hydrogen-bond donors (Lipinski definition) is 1. The summed E-state index contributed by atoms with van der Waals surface area (Å²) in [4.78, 5) is 19.8. The lowest BCUT2D eigenvalue weighted by Crippen LogP contribution is -2.51. The molecule has 6 nitrogen and oxygen atoms in total. The molecule has 1 saturated heterocycles. The first kappa shape index (κ1) is 20.4. The minimum atomic E-state index is -4.83. The van der Waals surface area contributed by atoms with Crippen LogP contribution in [0.25, 0.3) is 0 Å². The molecule has 1 fully saturated rings. The lowest BCUT2D eigenvalue weighted by Gasteiger charge is -2.45. The van der Waals surface area contributed by atoms with E-state index in [0.717, 1.165) is 44.1 Å². The first-order chi connectivity index (χ1) is 13.2. The van der Waals surface area contributed by atoms with E-state index in [-0.39, 0.29) is 12.0 Å². The van der Waals surface area contributed by atoms with Crippen LogP contribution in [0.1, 0.15) is 13.3 Å². The van der Waals surface area contributed by atoms with Crippen molar-refractivity contribution in [1.29, 1.82) is 0 Å². The van der Waals surface area contributed by atoms with Gasteiger partial charge in [-0.1, -0.05) is 0 Å². The van der Waals surface area contributed by atoms with Crippen LogP contribution in [0.4, 0.5) is 13.2 Å². The van der Waals surface area contributed by atoms with E-state index in [1.807, 2.05) is 29.8 Å². The van der Waals surface area contributed by atoms with Crippen LogP contribution < -0.4 is 5.32 Å². The zero-order valence-corrected chi connectivity index (χ0v) is 16.1. The Labute approximate surface area is 162 Å². The van der Waals surface area contributed by atoms with E-state index in [0.29, 0.717) is 6.54 Å². The molecule has 9 heteroatoms. The summed E-state index contributed by atoms with van der Waals surface area (Å²) >= 11 is 0. The zero-order valence-electron chi connectivity index (χ0n) is 16.1. The Bertz CT molecular complexity index is 734. The minimum absolute atomic E-state index is 0.0136. The molecule has 1 amide bonds. The second kappa shape index (κ2) is 7.98. The van der Waals surface area contributed by atoms with E-state index in [4.69, 9.17) is 4.74 Å². The van der Waals surface area contributed by atoms with Gasteiger partial charge in [0.1, 0.15) is 0 Å². The minimum Gasteiger partial charge on any atom is -0.501 e. The van der Waals surface area contributed by atoms with Crippen molar-refractivity contribution in [2.24, 2.45) is 10.4 Å². The number of halogens is 3. The average Bonchev–Trinajstić information content (AvgIpc) is 2.66.